The van der Waals surface area contributed by atoms with Crippen LogP contribution in [0.3, 0.4) is 0 Å². The van der Waals surface area contributed by atoms with Crippen molar-refractivity contribution in [2.75, 3.05) is 20.6 Å². The van der Waals surface area contributed by atoms with E-state index in [1.165, 1.54) is 0 Å². The lowest BCUT2D eigenvalue weighted by molar-refractivity contribution is -0.130. The molecule has 0 saturated heterocycles. The van der Waals surface area contributed by atoms with Gasteiger partial charge in [-0.1, -0.05) is 34.1 Å². The highest BCUT2D eigenvalue weighted by molar-refractivity contribution is 9.10. The highest BCUT2D eigenvalue weighted by atomic mass is 79.9. The van der Waals surface area contributed by atoms with Gasteiger partial charge in [0.25, 0.3) is 0 Å². The fraction of sp³-hybridized carbons (Fsp3) is 0.417. The van der Waals surface area contributed by atoms with Gasteiger partial charge >= 0.3 is 0 Å². The van der Waals surface area contributed by atoms with Gasteiger partial charge in [0.2, 0.25) is 5.91 Å². The maximum absolute atomic E-state index is 11.7. The molecule has 0 fully saturated rings. The summed E-state index contributed by atoms with van der Waals surface area (Å²) < 4.78 is 1.04. The van der Waals surface area contributed by atoms with Gasteiger partial charge in [-0.05, 0) is 18.7 Å². The van der Waals surface area contributed by atoms with E-state index in [-0.39, 0.29) is 18.3 Å². The summed E-state index contributed by atoms with van der Waals surface area (Å²) in [5.41, 5.74) is 1.13. The molecule has 0 atom stereocenters. The van der Waals surface area contributed by atoms with E-state index in [0.717, 1.165) is 16.6 Å². The molecule has 3 nitrogen and oxygen atoms in total. The second-order valence-electron chi connectivity index (χ2n) is 3.69. The molecule has 1 aromatic carbocycles. The van der Waals surface area contributed by atoms with Crippen LogP contribution in [0.1, 0.15) is 12.0 Å². The number of carbonyl (C=O) groups excluding carboxylic acids is 1. The molecule has 1 N–H and O–H groups in total. The topological polar surface area (TPSA) is 32.3 Å². The van der Waals surface area contributed by atoms with Crippen molar-refractivity contribution in [1.82, 2.24) is 10.2 Å². The molecule has 0 saturated carbocycles. The van der Waals surface area contributed by atoms with E-state index in [2.05, 4.69) is 21.2 Å². The molecule has 1 amide bonds. The highest BCUT2D eigenvalue weighted by Gasteiger charge is 2.09. The number of nitrogens with zero attached hydrogens (tertiary/aromatic N) is 1. The predicted molar refractivity (Wildman–Crippen MR) is 76.4 cm³/mol. The normalized spacial score (nSPS) is 9.59. The van der Waals surface area contributed by atoms with Gasteiger partial charge in [-0.25, -0.2) is 0 Å². The van der Waals surface area contributed by atoms with Crippen molar-refractivity contribution < 1.29 is 4.79 Å². The van der Waals surface area contributed by atoms with Crippen LogP contribution in [0, 0.1) is 0 Å². The first kappa shape index (κ1) is 16.4. The summed E-state index contributed by atoms with van der Waals surface area (Å²) in [4.78, 5) is 13.4. The first-order valence-electron chi connectivity index (χ1n) is 5.27. The Kier molecular flexibility index (Phi) is 8.21. The van der Waals surface area contributed by atoms with Crippen molar-refractivity contribution in [1.29, 1.82) is 0 Å². The Morgan fingerprint density at radius 3 is 2.65 bits per heavy atom. The minimum atomic E-state index is 0. The average Bonchev–Trinajstić information content (AvgIpc) is 2.28. The molecule has 0 aromatic heterocycles. The van der Waals surface area contributed by atoms with Crippen LogP contribution in [0.2, 0.25) is 0 Å². The van der Waals surface area contributed by atoms with Crippen molar-refractivity contribution in [3.63, 3.8) is 0 Å². The number of halogens is 2. The molecule has 1 rings (SSSR count). The lowest BCUT2D eigenvalue weighted by atomic mass is 10.2. The van der Waals surface area contributed by atoms with Crippen LogP contribution in [-0.4, -0.2) is 31.4 Å². The first-order chi connectivity index (χ1) is 7.65. The number of nitrogens with one attached hydrogen (secondary N) is 1. The van der Waals surface area contributed by atoms with Crippen molar-refractivity contribution in [3.05, 3.63) is 34.3 Å². The zero-order valence-corrected chi connectivity index (χ0v) is 12.5. The van der Waals surface area contributed by atoms with Gasteiger partial charge in [0.05, 0.1) is 0 Å². The standard InChI is InChI=1S/C12H17BrN2O.ClH/c1-14-8-7-12(16)15(2)9-10-5-3-4-6-11(10)13;/h3-6,14H,7-9H2,1-2H3;1H. The molecule has 0 radical (unpaired) electrons. The van der Waals surface area contributed by atoms with Crippen LogP contribution in [-0.2, 0) is 11.3 Å². The molecule has 0 aliphatic rings. The summed E-state index contributed by atoms with van der Waals surface area (Å²) in [7, 11) is 3.68. The lowest BCUT2D eigenvalue weighted by Crippen LogP contribution is -2.28. The van der Waals surface area contributed by atoms with E-state index in [9.17, 15) is 4.79 Å². The van der Waals surface area contributed by atoms with Gasteiger partial charge in [-0.2, -0.15) is 0 Å². The Bertz CT molecular complexity index is 360. The van der Waals surface area contributed by atoms with Crippen molar-refractivity contribution >= 4 is 34.2 Å². The minimum absolute atomic E-state index is 0. The molecule has 5 heteroatoms. The molecule has 1 aromatic rings. The largest absolute Gasteiger partial charge is 0.341 e. The molecule has 0 heterocycles. The van der Waals surface area contributed by atoms with E-state index in [0.29, 0.717) is 13.0 Å². The average molecular weight is 322 g/mol. The SMILES string of the molecule is CNCCC(=O)N(C)Cc1ccccc1Br.Cl. The Morgan fingerprint density at radius 2 is 2.06 bits per heavy atom. The van der Waals surface area contributed by atoms with Crippen LogP contribution in [0.25, 0.3) is 0 Å². The summed E-state index contributed by atoms with van der Waals surface area (Å²) in [6, 6.07) is 7.95. The molecule has 0 unspecified atom stereocenters. The summed E-state index contributed by atoms with van der Waals surface area (Å²) in [6.07, 6.45) is 0.539. The van der Waals surface area contributed by atoms with Gasteiger partial charge in [0.1, 0.15) is 0 Å². The monoisotopic (exact) mass is 320 g/mol. The van der Waals surface area contributed by atoms with Crippen LogP contribution in [0.5, 0.6) is 0 Å². The second kappa shape index (κ2) is 8.50. The Labute approximate surface area is 117 Å². The van der Waals surface area contributed by atoms with Crippen molar-refractivity contribution in [3.8, 4) is 0 Å². The maximum atomic E-state index is 11.7. The summed E-state index contributed by atoms with van der Waals surface area (Å²) in [5.74, 6) is 0.158. The van der Waals surface area contributed by atoms with E-state index in [4.69, 9.17) is 0 Å². The molecule has 17 heavy (non-hydrogen) atoms. The number of benzene rings is 1. The molecule has 0 aliphatic carbocycles. The van der Waals surface area contributed by atoms with Gasteiger partial charge in [-0.3, -0.25) is 4.79 Å². The van der Waals surface area contributed by atoms with Crippen LogP contribution in [0.15, 0.2) is 28.7 Å². The van der Waals surface area contributed by atoms with E-state index in [1.807, 2.05) is 38.4 Å². The highest BCUT2D eigenvalue weighted by Crippen LogP contribution is 2.17. The maximum Gasteiger partial charge on any atom is 0.223 e. The van der Waals surface area contributed by atoms with Gasteiger partial charge in [0, 0.05) is 31.0 Å². The molecular formula is C12H18BrClN2O. The van der Waals surface area contributed by atoms with Crippen LogP contribution >= 0.6 is 28.3 Å². The molecule has 0 bridgehead atoms. The van der Waals surface area contributed by atoms with E-state index >= 15 is 0 Å². The summed E-state index contributed by atoms with van der Waals surface area (Å²) in [5, 5.41) is 2.97. The smallest absolute Gasteiger partial charge is 0.223 e. The van der Waals surface area contributed by atoms with Crippen LogP contribution in [0.4, 0.5) is 0 Å². The van der Waals surface area contributed by atoms with Crippen LogP contribution < -0.4 is 5.32 Å². The third-order valence-electron chi connectivity index (χ3n) is 2.38. The number of carbonyl (C=O) groups is 1. The minimum Gasteiger partial charge on any atom is -0.341 e. The first-order valence-corrected chi connectivity index (χ1v) is 6.06. The zero-order chi connectivity index (χ0) is 12.0. The van der Waals surface area contributed by atoms with Crippen molar-refractivity contribution in [2.24, 2.45) is 0 Å². The number of hydrogen-bond donors (Lipinski definition) is 1. The number of rotatable bonds is 5. The lowest BCUT2D eigenvalue weighted by Gasteiger charge is -2.18. The van der Waals surface area contributed by atoms with Gasteiger partial charge in [0.15, 0.2) is 0 Å². The zero-order valence-electron chi connectivity index (χ0n) is 10.1. The molecular weight excluding hydrogens is 304 g/mol. The Balaban J connectivity index is 0.00000256. The number of amides is 1. The Hall–Kier alpha value is -0.580. The van der Waals surface area contributed by atoms with Gasteiger partial charge in [-0.15, -0.1) is 12.4 Å². The molecule has 0 aliphatic heterocycles. The van der Waals surface area contributed by atoms with Gasteiger partial charge < -0.3 is 10.2 Å². The predicted octanol–water partition coefficient (Wildman–Crippen LogP) is 2.44. The summed E-state index contributed by atoms with van der Waals surface area (Å²) in [6.45, 7) is 1.36. The number of hydrogen-bond acceptors (Lipinski definition) is 2. The quantitative estimate of drug-likeness (QED) is 0.903. The van der Waals surface area contributed by atoms with Crippen molar-refractivity contribution in [2.45, 2.75) is 13.0 Å². The second-order valence-corrected chi connectivity index (χ2v) is 4.55. The summed E-state index contributed by atoms with van der Waals surface area (Å²) >= 11 is 3.48. The fourth-order valence-electron chi connectivity index (χ4n) is 1.39. The fourth-order valence-corrected chi connectivity index (χ4v) is 1.80. The third-order valence-corrected chi connectivity index (χ3v) is 3.15. The van der Waals surface area contributed by atoms with E-state index < -0.39 is 0 Å². The Morgan fingerprint density at radius 1 is 1.41 bits per heavy atom. The molecule has 96 valence electrons. The third kappa shape index (κ3) is 5.52. The molecule has 0 spiro atoms. The van der Waals surface area contributed by atoms with E-state index in [1.54, 1.807) is 4.90 Å².